The maximum Gasteiger partial charge on any atom is 0.122 e. The smallest absolute Gasteiger partial charge is 0.122 e. The van der Waals surface area contributed by atoms with Crippen LogP contribution in [0.25, 0.3) is 0 Å². The van der Waals surface area contributed by atoms with Gasteiger partial charge in [0.15, 0.2) is 0 Å². The van der Waals surface area contributed by atoms with Crippen LogP contribution in [0.2, 0.25) is 0 Å². The molecule has 1 aromatic carbocycles. The van der Waals surface area contributed by atoms with E-state index in [1.54, 1.807) is 0 Å². The van der Waals surface area contributed by atoms with Crippen LogP contribution in [0, 0.1) is 12.8 Å². The van der Waals surface area contributed by atoms with Crippen molar-refractivity contribution in [3.05, 3.63) is 42.0 Å². The number of likely N-dealkylation sites (tertiary alicyclic amines) is 1. The lowest BCUT2D eigenvalue weighted by atomic mass is 10.0. The highest BCUT2D eigenvalue weighted by Gasteiger charge is 2.15. The number of nitrogens with zero attached hydrogens (tertiary/aromatic N) is 1. The summed E-state index contributed by atoms with van der Waals surface area (Å²) in [7, 11) is 0. The second-order valence-corrected chi connectivity index (χ2v) is 6.35. The standard InChI is InChI=1S/C19H29NO/c1-4-7-18-14-16(2)9-10-19(18)21-13-6-12-20-11-5-8-17(3)15-20/h4,9-10,14,17H,1,5-8,11-13,15H2,2-3H3. The van der Waals surface area contributed by atoms with Gasteiger partial charge in [0.25, 0.3) is 0 Å². The molecule has 1 aliphatic heterocycles. The van der Waals surface area contributed by atoms with Crippen LogP contribution in [-0.4, -0.2) is 31.1 Å². The Kier molecular flexibility index (Phi) is 6.31. The van der Waals surface area contributed by atoms with E-state index in [4.69, 9.17) is 4.74 Å². The number of hydrogen-bond donors (Lipinski definition) is 0. The van der Waals surface area contributed by atoms with E-state index in [9.17, 15) is 0 Å². The lowest BCUT2D eigenvalue weighted by Crippen LogP contribution is -2.35. The predicted octanol–water partition coefficient (Wildman–Crippen LogP) is 4.22. The van der Waals surface area contributed by atoms with Gasteiger partial charge in [0.2, 0.25) is 0 Å². The highest BCUT2D eigenvalue weighted by Crippen LogP contribution is 2.21. The molecular weight excluding hydrogens is 258 g/mol. The normalized spacial score (nSPS) is 19.4. The molecule has 2 heteroatoms. The molecule has 0 amide bonds. The summed E-state index contributed by atoms with van der Waals surface area (Å²) >= 11 is 0. The summed E-state index contributed by atoms with van der Waals surface area (Å²) in [5.74, 6) is 1.88. The van der Waals surface area contributed by atoms with Crippen molar-refractivity contribution in [2.75, 3.05) is 26.2 Å². The molecule has 0 aromatic heterocycles. The third-order valence-corrected chi connectivity index (χ3v) is 4.20. The van der Waals surface area contributed by atoms with Gasteiger partial charge < -0.3 is 9.64 Å². The van der Waals surface area contributed by atoms with E-state index in [2.05, 4.69) is 43.5 Å². The van der Waals surface area contributed by atoms with E-state index >= 15 is 0 Å². The minimum absolute atomic E-state index is 0.804. The van der Waals surface area contributed by atoms with Gasteiger partial charge in [-0.25, -0.2) is 0 Å². The zero-order valence-electron chi connectivity index (χ0n) is 13.6. The van der Waals surface area contributed by atoms with Crippen LogP contribution >= 0.6 is 0 Å². The van der Waals surface area contributed by atoms with E-state index in [-0.39, 0.29) is 0 Å². The van der Waals surface area contributed by atoms with Crippen molar-refractivity contribution in [2.45, 2.75) is 39.5 Å². The topological polar surface area (TPSA) is 12.5 Å². The third kappa shape index (κ3) is 5.20. The number of aryl methyl sites for hydroxylation is 1. The van der Waals surface area contributed by atoms with Gasteiger partial charge in [0.05, 0.1) is 6.61 Å². The largest absolute Gasteiger partial charge is 0.493 e. The average molecular weight is 287 g/mol. The first-order chi connectivity index (χ1) is 10.2. The van der Waals surface area contributed by atoms with Gasteiger partial charge in [-0.2, -0.15) is 0 Å². The Morgan fingerprint density at radius 2 is 2.29 bits per heavy atom. The fourth-order valence-electron chi connectivity index (χ4n) is 3.12. The minimum atomic E-state index is 0.804. The Morgan fingerprint density at radius 1 is 1.43 bits per heavy atom. The first kappa shape index (κ1) is 16.1. The molecule has 116 valence electrons. The van der Waals surface area contributed by atoms with Crippen LogP contribution in [0.1, 0.15) is 37.3 Å². The van der Waals surface area contributed by atoms with Gasteiger partial charge in [-0.05, 0) is 56.7 Å². The number of rotatable bonds is 7. The summed E-state index contributed by atoms with van der Waals surface area (Å²) in [6.07, 6.45) is 6.66. The van der Waals surface area contributed by atoms with Crippen LogP contribution in [0.15, 0.2) is 30.9 Å². The maximum absolute atomic E-state index is 5.99. The van der Waals surface area contributed by atoms with Crippen LogP contribution in [0.4, 0.5) is 0 Å². The molecule has 1 heterocycles. The number of benzene rings is 1. The zero-order valence-corrected chi connectivity index (χ0v) is 13.6. The Bertz CT molecular complexity index is 455. The Hall–Kier alpha value is -1.28. The number of ether oxygens (including phenoxy) is 1. The first-order valence-electron chi connectivity index (χ1n) is 8.24. The maximum atomic E-state index is 5.99. The number of hydrogen-bond acceptors (Lipinski definition) is 2. The lowest BCUT2D eigenvalue weighted by Gasteiger charge is -2.30. The predicted molar refractivity (Wildman–Crippen MR) is 90.0 cm³/mol. The molecule has 1 fully saturated rings. The van der Waals surface area contributed by atoms with E-state index in [1.165, 1.54) is 37.1 Å². The van der Waals surface area contributed by atoms with Crippen molar-refractivity contribution >= 4 is 0 Å². The molecule has 0 spiro atoms. The van der Waals surface area contributed by atoms with Crippen LogP contribution in [-0.2, 0) is 6.42 Å². The van der Waals surface area contributed by atoms with Gasteiger partial charge in [-0.15, -0.1) is 6.58 Å². The summed E-state index contributed by atoms with van der Waals surface area (Å²) in [5, 5.41) is 0. The van der Waals surface area contributed by atoms with Crippen molar-refractivity contribution in [3.8, 4) is 5.75 Å². The van der Waals surface area contributed by atoms with E-state index in [1.807, 2.05) is 6.08 Å². The van der Waals surface area contributed by atoms with Crippen molar-refractivity contribution in [3.63, 3.8) is 0 Å². The highest BCUT2D eigenvalue weighted by atomic mass is 16.5. The lowest BCUT2D eigenvalue weighted by molar-refractivity contribution is 0.170. The molecule has 0 bridgehead atoms. The van der Waals surface area contributed by atoms with Gasteiger partial charge in [0.1, 0.15) is 5.75 Å². The molecule has 1 unspecified atom stereocenters. The van der Waals surface area contributed by atoms with Crippen LogP contribution in [0.3, 0.4) is 0 Å². The quantitative estimate of drug-likeness (QED) is 0.550. The van der Waals surface area contributed by atoms with Crippen LogP contribution in [0.5, 0.6) is 5.75 Å². The molecule has 0 saturated carbocycles. The fourth-order valence-corrected chi connectivity index (χ4v) is 3.12. The van der Waals surface area contributed by atoms with Crippen molar-refractivity contribution in [1.29, 1.82) is 0 Å². The summed E-state index contributed by atoms with van der Waals surface area (Å²) < 4.78 is 5.99. The molecule has 1 saturated heterocycles. The monoisotopic (exact) mass is 287 g/mol. The molecule has 0 N–H and O–H groups in total. The van der Waals surface area contributed by atoms with E-state index in [0.717, 1.165) is 37.7 Å². The third-order valence-electron chi connectivity index (χ3n) is 4.20. The molecule has 1 aliphatic rings. The van der Waals surface area contributed by atoms with Gasteiger partial charge in [-0.1, -0.05) is 30.7 Å². The van der Waals surface area contributed by atoms with Gasteiger partial charge >= 0.3 is 0 Å². The Labute approximate surface area is 129 Å². The zero-order chi connectivity index (χ0) is 15.1. The molecule has 21 heavy (non-hydrogen) atoms. The summed E-state index contributed by atoms with van der Waals surface area (Å²) in [6, 6.07) is 6.41. The highest BCUT2D eigenvalue weighted by molar-refractivity contribution is 5.38. The summed E-state index contributed by atoms with van der Waals surface area (Å²) in [6.45, 7) is 12.8. The molecule has 0 aliphatic carbocycles. The second-order valence-electron chi connectivity index (χ2n) is 6.35. The van der Waals surface area contributed by atoms with Crippen LogP contribution < -0.4 is 4.74 Å². The Balaban J connectivity index is 1.76. The van der Waals surface area contributed by atoms with E-state index < -0.39 is 0 Å². The number of allylic oxidation sites excluding steroid dienone is 1. The summed E-state index contributed by atoms with van der Waals surface area (Å²) in [4.78, 5) is 2.58. The molecule has 2 rings (SSSR count). The summed E-state index contributed by atoms with van der Waals surface area (Å²) in [5.41, 5.74) is 2.53. The van der Waals surface area contributed by atoms with E-state index in [0.29, 0.717) is 0 Å². The second kappa shape index (κ2) is 8.23. The number of piperidine rings is 1. The van der Waals surface area contributed by atoms with Gasteiger partial charge in [0, 0.05) is 13.1 Å². The Morgan fingerprint density at radius 3 is 3.05 bits per heavy atom. The van der Waals surface area contributed by atoms with Crippen molar-refractivity contribution in [2.24, 2.45) is 5.92 Å². The average Bonchev–Trinajstić information content (AvgIpc) is 2.46. The molecule has 0 radical (unpaired) electrons. The minimum Gasteiger partial charge on any atom is -0.493 e. The molecule has 1 aromatic rings. The molecule has 2 nitrogen and oxygen atoms in total. The van der Waals surface area contributed by atoms with Gasteiger partial charge in [-0.3, -0.25) is 0 Å². The molecular formula is C19H29NO. The van der Waals surface area contributed by atoms with Crippen molar-refractivity contribution in [1.82, 2.24) is 4.90 Å². The fraction of sp³-hybridized carbons (Fsp3) is 0.579. The first-order valence-corrected chi connectivity index (χ1v) is 8.24. The van der Waals surface area contributed by atoms with Crippen molar-refractivity contribution < 1.29 is 4.74 Å². The SMILES string of the molecule is C=CCc1cc(C)ccc1OCCCN1CCCC(C)C1. The molecule has 1 atom stereocenters.